The summed E-state index contributed by atoms with van der Waals surface area (Å²) in [6.45, 7) is 6.41. The largest absolute Gasteiger partial charge is 0.366 e. The number of morpholine rings is 1. The first kappa shape index (κ1) is 15.4. The van der Waals surface area contributed by atoms with Gasteiger partial charge in [-0.2, -0.15) is 0 Å². The van der Waals surface area contributed by atoms with E-state index in [4.69, 9.17) is 4.74 Å². The zero-order chi connectivity index (χ0) is 14.5. The van der Waals surface area contributed by atoms with E-state index in [-0.39, 0.29) is 12.0 Å². The summed E-state index contributed by atoms with van der Waals surface area (Å²) in [7, 11) is 2.01. The van der Waals surface area contributed by atoms with E-state index in [2.05, 4.69) is 24.1 Å². The van der Waals surface area contributed by atoms with Crippen LogP contribution in [0, 0.1) is 0 Å². The molecule has 1 fully saturated rings. The van der Waals surface area contributed by atoms with Crippen LogP contribution in [0.2, 0.25) is 0 Å². The molecule has 1 heterocycles. The molecule has 0 spiro atoms. The van der Waals surface area contributed by atoms with E-state index >= 15 is 0 Å². The van der Waals surface area contributed by atoms with Crippen molar-refractivity contribution in [2.24, 2.45) is 0 Å². The fraction of sp³-hybridized carbons (Fsp3) is 0.533. The second-order valence-corrected chi connectivity index (χ2v) is 6.89. The number of para-hydroxylation sites is 1. The van der Waals surface area contributed by atoms with Crippen molar-refractivity contribution in [2.45, 2.75) is 30.1 Å². The molecule has 0 unspecified atom stereocenters. The Labute approximate surface area is 124 Å². The normalized spacial score (nSPS) is 20.1. The fourth-order valence-electron chi connectivity index (χ4n) is 2.08. The minimum atomic E-state index is -0.383. The highest BCUT2D eigenvalue weighted by atomic mass is 32.2. The topological polar surface area (TPSA) is 41.6 Å². The van der Waals surface area contributed by atoms with Crippen LogP contribution in [0.25, 0.3) is 0 Å². The van der Waals surface area contributed by atoms with E-state index in [0.29, 0.717) is 18.4 Å². The van der Waals surface area contributed by atoms with Crippen LogP contribution in [0.5, 0.6) is 0 Å². The molecule has 0 bridgehead atoms. The van der Waals surface area contributed by atoms with E-state index in [1.54, 1.807) is 11.8 Å². The van der Waals surface area contributed by atoms with Crippen molar-refractivity contribution in [3.05, 3.63) is 24.3 Å². The summed E-state index contributed by atoms with van der Waals surface area (Å²) in [6, 6.07) is 7.91. The molecule has 1 aliphatic rings. The number of benzene rings is 1. The SMILES string of the molecule is CC(C)Sc1ccccc1NC(=O)[C@@H]1CN(C)CCO1. The van der Waals surface area contributed by atoms with Crippen LogP contribution < -0.4 is 5.32 Å². The van der Waals surface area contributed by atoms with Gasteiger partial charge in [-0.1, -0.05) is 26.0 Å². The summed E-state index contributed by atoms with van der Waals surface area (Å²) >= 11 is 1.75. The number of rotatable bonds is 4. The Morgan fingerprint density at radius 3 is 2.90 bits per heavy atom. The second-order valence-electron chi connectivity index (χ2n) is 5.27. The van der Waals surface area contributed by atoms with Gasteiger partial charge < -0.3 is 15.0 Å². The number of nitrogens with one attached hydrogen (secondary N) is 1. The molecule has 2 rings (SSSR count). The maximum absolute atomic E-state index is 12.3. The Bertz CT molecular complexity index is 465. The monoisotopic (exact) mass is 294 g/mol. The molecular formula is C15H22N2O2S. The quantitative estimate of drug-likeness (QED) is 0.866. The van der Waals surface area contributed by atoms with Crippen molar-refractivity contribution in [2.75, 3.05) is 32.1 Å². The molecule has 1 atom stereocenters. The third-order valence-corrected chi connectivity index (χ3v) is 4.15. The van der Waals surface area contributed by atoms with Gasteiger partial charge in [0.15, 0.2) is 0 Å². The maximum Gasteiger partial charge on any atom is 0.254 e. The van der Waals surface area contributed by atoms with Gasteiger partial charge in [-0.05, 0) is 19.2 Å². The number of nitrogens with zero attached hydrogens (tertiary/aromatic N) is 1. The van der Waals surface area contributed by atoms with Crippen molar-refractivity contribution < 1.29 is 9.53 Å². The number of ether oxygens (including phenoxy) is 1. The van der Waals surface area contributed by atoms with Crippen LogP contribution >= 0.6 is 11.8 Å². The first-order chi connectivity index (χ1) is 9.56. The number of amides is 1. The van der Waals surface area contributed by atoms with Crippen LogP contribution in [-0.2, 0) is 9.53 Å². The van der Waals surface area contributed by atoms with Crippen molar-refractivity contribution in [1.82, 2.24) is 4.90 Å². The van der Waals surface area contributed by atoms with E-state index < -0.39 is 0 Å². The lowest BCUT2D eigenvalue weighted by Crippen LogP contribution is -2.46. The number of thioether (sulfide) groups is 1. The Kier molecular flexibility index (Phi) is 5.46. The molecular weight excluding hydrogens is 272 g/mol. The molecule has 1 aromatic rings. The van der Waals surface area contributed by atoms with Crippen LogP contribution in [0.3, 0.4) is 0 Å². The Morgan fingerprint density at radius 1 is 1.45 bits per heavy atom. The van der Waals surface area contributed by atoms with E-state index in [0.717, 1.165) is 17.1 Å². The maximum atomic E-state index is 12.3. The summed E-state index contributed by atoms with van der Waals surface area (Å²) in [4.78, 5) is 15.5. The van der Waals surface area contributed by atoms with Gasteiger partial charge in [0.05, 0.1) is 12.3 Å². The first-order valence-corrected chi connectivity index (χ1v) is 7.81. The molecule has 0 aliphatic carbocycles. The van der Waals surface area contributed by atoms with Gasteiger partial charge in [0, 0.05) is 23.2 Å². The van der Waals surface area contributed by atoms with Crippen LogP contribution in [0.1, 0.15) is 13.8 Å². The van der Waals surface area contributed by atoms with E-state index in [1.165, 1.54) is 0 Å². The van der Waals surface area contributed by atoms with Crippen LogP contribution in [0.15, 0.2) is 29.2 Å². The van der Waals surface area contributed by atoms with Crippen molar-refractivity contribution in [3.63, 3.8) is 0 Å². The molecule has 1 saturated heterocycles. The highest BCUT2D eigenvalue weighted by Gasteiger charge is 2.25. The third kappa shape index (κ3) is 4.23. The fourth-order valence-corrected chi connectivity index (χ4v) is 2.99. The van der Waals surface area contributed by atoms with Gasteiger partial charge in [-0.3, -0.25) is 4.79 Å². The summed E-state index contributed by atoms with van der Waals surface area (Å²) in [5.41, 5.74) is 0.869. The molecule has 0 aromatic heterocycles. The van der Waals surface area contributed by atoms with Crippen molar-refractivity contribution >= 4 is 23.4 Å². The predicted molar refractivity (Wildman–Crippen MR) is 83.3 cm³/mol. The smallest absolute Gasteiger partial charge is 0.254 e. The average Bonchev–Trinajstić information content (AvgIpc) is 2.40. The zero-order valence-corrected chi connectivity index (χ0v) is 13.1. The highest BCUT2D eigenvalue weighted by Crippen LogP contribution is 2.30. The van der Waals surface area contributed by atoms with Gasteiger partial charge in [0.25, 0.3) is 5.91 Å². The molecule has 0 radical (unpaired) electrons. The highest BCUT2D eigenvalue weighted by molar-refractivity contribution is 8.00. The lowest BCUT2D eigenvalue weighted by atomic mass is 10.2. The molecule has 1 N–H and O–H groups in total. The molecule has 0 saturated carbocycles. The van der Waals surface area contributed by atoms with Gasteiger partial charge in [0.1, 0.15) is 6.10 Å². The molecule has 1 amide bonds. The third-order valence-electron chi connectivity index (χ3n) is 3.07. The average molecular weight is 294 g/mol. The van der Waals surface area contributed by atoms with Crippen molar-refractivity contribution in [1.29, 1.82) is 0 Å². The summed E-state index contributed by atoms with van der Waals surface area (Å²) in [5, 5.41) is 3.47. The number of carbonyl (C=O) groups is 1. The molecule has 1 aliphatic heterocycles. The zero-order valence-electron chi connectivity index (χ0n) is 12.3. The second kappa shape index (κ2) is 7.11. The number of carbonyl (C=O) groups excluding carboxylic acids is 1. The Balaban J connectivity index is 2.03. The minimum absolute atomic E-state index is 0.0617. The van der Waals surface area contributed by atoms with Gasteiger partial charge in [-0.25, -0.2) is 0 Å². The molecule has 1 aromatic carbocycles. The summed E-state index contributed by atoms with van der Waals surface area (Å²) in [5.74, 6) is -0.0617. The van der Waals surface area contributed by atoms with Crippen molar-refractivity contribution in [3.8, 4) is 0 Å². The lowest BCUT2D eigenvalue weighted by molar-refractivity contribution is -0.132. The minimum Gasteiger partial charge on any atom is -0.366 e. The number of anilines is 1. The van der Waals surface area contributed by atoms with Gasteiger partial charge >= 0.3 is 0 Å². The van der Waals surface area contributed by atoms with Gasteiger partial charge in [-0.15, -0.1) is 11.8 Å². The predicted octanol–water partition coefficient (Wildman–Crippen LogP) is 2.46. The lowest BCUT2D eigenvalue weighted by Gasteiger charge is -2.29. The number of hydrogen-bond donors (Lipinski definition) is 1. The van der Waals surface area contributed by atoms with Crippen LogP contribution in [0.4, 0.5) is 5.69 Å². The molecule has 5 heteroatoms. The standard InChI is InChI=1S/C15H22N2O2S/c1-11(2)20-14-7-5-4-6-12(14)16-15(18)13-10-17(3)8-9-19-13/h4-7,11,13H,8-10H2,1-3H3,(H,16,18)/t13-/m0/s1. The Morgan fingerprint density at radius 2 is 2.20 bits per heavy atom. The van der Waals surface area contributed by atoms with E-state index in [9.17, 15) is 4.79 Å². The number of likely N-dealkylation sites (N-methyl/N-ethyl adjacent to an activating group) is 1. The van der Waals surface area contributed by atoms with Crippen LogP contribution in [-0.4, -0.2) is 48.9 Å². The van der Waals surface area contributed by atoms with E-state index in [1.807, 2.05) is 31.3 Å². The summed E-state index contributed by atoms with van der Waals surface area (Å²) < 4.78 is 5.54. The molecule has 4 nitrogen and oxygen atoms in total. The number of hydrogen-bond acceptors (Lipinski definition) is 4. The summed E-state index contributed by atoms with van der Waals surface area (Å²) in [6.07, 6.45) is -0.383. The molecule has 20 heavy (non-hydrogen) atoms. The molecule has 110 valence electrons. The Hall–Kier alpha value is -1.04. The first-order valence-electron chi connectivity index (χ1n) is 6.93. The van der Waals surface area contributed by atoms with Gasteiger partial charge in [0.2, 0.25) is 0 Å².